The predicted molar refractivity (Wildman–Crippen MR) is 47.1 cm³/mol. The summed E-state index contributed by atoms with van der Waals surface area (Å²) in [6.45, 7) is 0.464. The van der Waals surface area contributed by atoms with Gasteiger partial charge in [0.15, 0.2) is 5.82 Å². The second kappa shape index (κ2) is 4.38. The Kier molecular flexibility index (Phi) is 3.17. The Hall–Kier alpha value is -1.67. The molecule has 0 saturated heterocycles. The number of rotatable bonds is 3. The van der Waals surface area contributed by atoms with Crippen LogP contribution >= 0.6 is 0 Å². The highest BCUT2D eigenvalue weighted by molar-refractivity contribution is 5.51. The highest BCUT2D eigenvalue weighted by atomic mass is 16.3. The van der Waals surface area contributed by atoms with Crippen LogP contribution in [0.5, 0.6) is 0 Å². The van der Waals surface area contributed by atoms with Crippen LogP contribution in [0.1, 0.15) is 5.56 Å². The number of nitrogens with zero attached hydrogens (tertiary/aromatic N) is 4. The van der Waals surface area contributed by atoms with Gasteiger partial charge in [-0.05, 0) is 6.07 Å². The zero-order chi connectivity index (χ0) is 9.68. The van der Waals surface area contributed by atoms with Gasteiger partial charge in [-0.1, -0.05) is 0 Å². The lowest BCUT2D eigenvalue weighted by Crippen LogP contribution is -2.23. The van der Waals surface area contributed by atoms with Crippen LogP contribution in [0.25, 0.3) is 0 Å². The summed E-state index contributed by atoms with van der Waals surface area (Å²) in [7, 11) is 1.75. The first-order valence-corrected chi connectivity index (χ1v) is 3.83. The molecule has 1 N–H and O–H groups in total. The standard InChI is InChI=1S/C8H10N4O/c1-12(4-5-13)8-7(6-9)2-3-10-11-8/h2-3,13H,4-5H2,1H3. The fraction of sp³-hybridized carbons (Fsp3) is 0.375. The number of anilines is 1. The summed E-state index contributed by atoms with van der Waals surface area (Å²) >= 11 is 0. The summed E-state index contributed by atoms with van der Waals surface area (Å²) in [6.07, 6.45) is 1.47. The summed E-state index contributed by atoms with van der Waals surface area (Å²) in [5.41, 5.74) is 0.464. The number of likely N-dealkylation sites (N-methyl/N-ethyl adjacent to an activating group) is 1. The Labute approximate surface area is 76.2 Å². The molecule has 1 heterocycles. The first-order chi connectivity index (χ1) is 6.29. The molecule has 1 aromatic heterocycles. The van der Waals surface area contributed by atoms with Crippen LogP contribution < -0.4 is 4.90 Å². The number of aliphatic hydroxyl groups is 1. The summed E-state index contributed by atoms with van der Waals surface area (Å²) in [4.78, 5) is 1.69. The minimum absolute atomic E-state index is 0.0257. The van der Waals surface area contributed by atoms with Gasteiger partial charge in [0.25, 0.3) is 0 Å². The van der Waals surface area contributed by atoms with Gasteiger partial charge < -0.3 is 10.0 Å². The normalized spacial score (nSPS) is 9.31. The number of aliphatic hydroxyl groups excluding tert-OH is 1. The van der Waals surface area contributed by atoms with E-state index >= 15 is 0 Å². The third kappa shape index (κ3) is 2.13. The van der Waals surface area contributed by atoms with E-state index in [-0.39, 0.29) is 6.61 Å². The Morgan fingerprint density at radius 2 is 2.46 bits per heavy atom. The van der Waals surface area contributed by atoms with Crippen molar-refractivity contribution < 1.29 is 5.11 Å². The molecular weight excluding hydrogens is 168 g/mol. The van der Waals surface area contributed by atoms with Crippen LogP contribution in [0.4, 0.5) is 5.82 Å². The Bertz CT molecular complexity index is 320. The van der Waals surface area contributed by atoms with E-state index in [1.165, 1.54) is 6.20 Å². The number of aromatic nitrogens is 2. The van der Waals surface area contributed by atoms with Crippen LogP contribution in [0.2, 0.25) is 0 Å². The minimum Gasteiger partial charge on any atom is -0.395 e. The molecule has 0 atom stereocenters. The molecule has 0 spiro atoms. The second-order valence-corrected chi connectivity index (χ2v) is 2.53. The van der Waals surface area contributed by atoms with Crippen molar-refractivity contribution in [3.05, 3.63) is 17.8 Å². The molecule has 0 saturated carbocycles. The maximum Gasteiger partial charge on any atom is 0.169 e. The Morgan fingerprint density at radius 1 is 1.69 bits per heavy atom. The van der Waals surface area contributed by atoms with E-state index in [4.69, 9.17) is 10.4 Å². The van der Waals surface area contributed by atoms with Crippen LogP contribution in [0.15, 0.2) is 12.3 Å². The van der Waals surface area contributed by atoms with Gasteiger partial charge in [0, 0.05) is 13.6 Å². The summed E-state index contributed by atoms with van der Waals surface area (Å²) < 4.78 is 0. The van der Waals surface area contributed by atoms with Crippen LogP contribution in [0.3, 0.4) is 0 Å². The van der Waals surface area contributed by atoms with Crippen LogP contribution in [-0.2, 0) is 0 Å². The Morgan fingerprint density at radius 3 is 3.08 bits per heavy atom. The summed E-state index contributed by atoms with van der Waals surface area (Å²) in [6, 6.07) is 3.60. The first kappa shape index (κ1) is 9.42. The van der Waals surface area contributed by atoms with E-state index in [1.54, 1.807) is 18.0 Å². The van der Waals surface area contributed by atoms with E-state index in [0.29, 0.717) is 17.9 Å². The highest BCUT2D eigenvalue weighted by Crippen LogP contribution is 2.12. The quantitative estimate of drug-likeness (QED) is 0.692. The maximum atomic E-state index is 8.73. The third-order valence-corrected chi connectivity index (χ3v) is 1.62. The second-order valence-electron chi connectivity index (χ2n) is 2.53. The van der Waals surface area contributed by atoms with Gasteiger partial charge in [-0.3, -0.25) is 0 Å². The lowest BCUT2D eigenvalue weighted by Gasteiger charge is -2.16. The van der Waals surface area contributed by atoms with Gasteiger partial charge in [-0.2, -0.15) is 10.4 Å². The lowest BCUT2D eigenvalue weighted by molar-refractivity contribution is 0.303. The minimum atomic E-state index is 0.0257. The van der Waals surface area contributed by atoms with Crippen molar-refractivity contribution in [3.63, 3.8) is 0 Å². The van der Waals surface area contributed by atoms with Gasteiger partial charge in [0.05, 0.1) is 18.4 Å². The zero-order valence-electron chi connectivity index (χ0n) is 7.30. The number of nitriles is 1. The van der Waals surface area contributed by atoms with Crippen molar-refractivity contribution in [2.24, 2.45) is 0 Å². The summed E-state index contributed by atoms with van der Waals surface area (Å²) in [5.74, 6) is 0.499. The SMILES string of the molecule is CN(CCO)c1nnccc1C#N. The van der Waals surface area contributed by atoms with Crippen molar-refractivity contribution in [2.45, 2.75) is 0 Å². The largest absolute Gasteiger partial charge is 0.395 e. The molecule has 0 fully saturated rings. The van der Waals surface area contributed by atoms with E-state index in [9.17, 15) is 0 Å². The molecule has 0 aliphatic heterocycles. The van der Waals surface area contributed by atoms with Crippen molar-refractivity contribution in [1.82, 2.24) is 10.2 Å². The molecule has 0 aromatic carbocycles. The molecule has 0 aliphatic rings. The van der Waals surface area contributed by atoms with Gasteiger partial charge in [0.2, 0.25) is 0 Å². The van der Waals surface area contributed by atoms with Crippen molar-refractivity contribution in [2.75, 3.05) is 25.1 Å². The van der Waals surface area contributed by atoms with E-state index in [0.717, 1.165) is 0 Å². The molecule has 13 heavy (non-hydrogen) atoms. The average molecular weight is 178 g/mol. The third-order valence-electron chi connectivity index (χ3n) is 1.62. The van der Waals surface area contributed by atoms with E-state index < -0.39 is 0 Å². The molecule has 0 unspecified atom stereocenters. The van der Waals surface area contributed by atoms with Crippen LogP contribution in [0, 0.1) is 11.3 Å². The molecule has 1 rings (SSSR count). The molecular formula is C8H10N4O. The van der Waals surface area contributed by atoms with Gasteiger partial charge >= 0.3 is 0 Å². The van der Waals surface area contributed by atoms with Crippen molar-refractivity contribution in [1.29, 1.82) is 5.26 Å². The highest BCUT2D eigenvalue weighted by Gasteiger charge is 2.07. The topological polar surface area (TPSA) is 73.0 Å². The molecule has 1 aromatic rings. The van der Waals surface area contributed by atoms with E-state index in [2.05, 4.69) is 10.2 Å². The molecule has 5 heteroatoms. The molecule has 0 amide bonds. The molecule has 68 valence electrons. The lowest BCUT2D eigenvalue weighted by atomic mass is 10.3. The maximum absolute atomic E-state index is 8.73. The fourth-order valence-corrected chi connectivity index (χ4v) is 0.949. The molecule has 0 bridgehead atoms. The zero-order valence-corrected chi connectivity index (χ0v) is 7.30. The van der Waals surface area contributed by atoms with Crippen LogP contribution in [-0.4, -0.2) is 35.5 Å². The molecule has 0 aliphatic carbocycles. The van der Waals surface area contributed by atoms with Crippen molar-refractivity contribution in [3.8, 4) is 6.07 Å². The van der Waals surface area contributed by atoms with Gasteiger partial charge in [-0.25, -0.2) is 0 Å². The smallest absolute Gasteiger partial charge is 0.169 e. The Balaban J connectivity index is 2.93. The number of hydrogen-bond donors (Lipinski definition) is 1. The van der Waals surface area contributed by atoms with Gasteiger partial charge in [0.1, 0.15) is 6.07 Å². The first-order valence-electron chi connectivity index (χ1n) is 3.83. The molecule has 0 radical (unpaired) electrons. The predicted octanol–water partition coefficient (Wildman–Crippen LogP) is -0.223. The van der Waals surface area contributed by atoms with Gasteiger partial charge in [-0.15, -0.1) is 5.10 Å². The summed E-state index contributed by atoms with van der Waals surface area (Å²) in [5, 5.41) is 24.9. The van der Waals surface area contributed by atoms with Crippen molar-refractivity contribution >= 4 is 5.82 Å². The van der Waals surface area contributed by atoms with E-state index in [1.807, 2.05) is 6.07 Å². The number of hydrogen-bond acceptors (Lipinski definition) is 5. The monoisotopic (exact) mass is 178 g/mol. The average Bonchev–Trinajstić information content (AvgIpc) is 2.18. The fourth-order valence-electron chi connectivity index (χ4n) is 0.949. The molecule has 5 nitrogen and oxygen atoms in total.